The molecule has 1 rings (SSSR count). The zero-order chi connectivity index (χ0) is 15.3. The molecule has 3 N–H and O–H groups in total. The number of ether oxygens (including phenoxy) is 1. The highest BCUT2D eigenvalue weighted by molar-refractivity contribution is 5.80. The highest BCUT2D eigenvalue weighted by Crippen LogP contribution is 2.18. The van der Waals surface area contributed by atoms with Gasteiger partial charge in [0.1, 0.15) is 5.60 Å². The van der Waals surface area contributed by atoms with Crippen LogP contribution in [0.25, 0.3) is 0 Å². The first-order chi connectivity index (χ1) is 9.23. The summed E-state index contributed by atoms with van der Waals surface area (Å²) in [7, 11) is 0. The van der Waals surface area contributed by atoms with Gasteiger partial charge in [-0.25, -0.2) is 4.79 Å². The van der Waals surface area contributed by atoms with Crippen LogP contribution in [-0.4, -0.2) is 41.4 Å². The number of alkyl carbamates (subject to hydrolysis) is 1. The van der Waals surface area contributed by atoms with Crippen molar-refractivity contribution in [2.75, 3.05) is 6.54 Å². The van der Waals surface area contributed by atoms with Gasteiger partial charge in [-0.2, -0.15) is 5.26 Å². The lowest BCUT2D eigenvalue weighted by molar-refractivity contribution is -0.122. The topological polar surface area (TPSA) is 111 Å². The number of nitriles is 1. The number of aliphatic hydroxyl groups is 1. The minimum absolute atomic E-state index is 0.119. The van der Waals surface area contributed by atoms with Gasteiger partial charge < -0.3 is 20.5 Å². The van der Waals surface area contributed by atoms with Gasteiger partial charge in [0.25, 0.3) is 0 Å². The zero-order valence-electron chi connectivity index (χ0n) is 12.0. The van der Waals surface area contributed by atoms with Gasteiger partial charge in [-0.15, -0.1) is 0 Å². The molecule has 0 aromatic rings. The Morgan fingerprint density at radius 1 is 1.65 bits per heavy atom. The van der Waals surface area contributed by atoms with Crippen LogP contribution in [0.1, 0.15) is 33.6 Å². The summed E-state index contributed by atoms with van der Waals surface area (Å²) in [5.41, 5.74) is -0.670. The van der Waals surface area contributed by atoms with Crippen LogP contribution < -0.4 is 10.6 Å². The molecule has 0 aromatic heterocycles. The van der Waals surface area contributed by atoms with Crippen LogP contribution in [0, 0.1) is 17.2 Å². The van der Waals surface area contributed by atoms with Crippen molar-refractivity contribution < 1.29 is 19.4 Å². The standard InChI is InChI=1S/C13H21N3O4/c1-13(2,3)20-12(19)16-9(10(17)7-14)6-8-4-5-15-11(8)18/h8-10,17H,4-6H2,1-3H3,(H,15,18)(H,16,19)/t8-,9?,10?/m0/s1. The van der Waals surface area contributed by atoms with Crippen LogP contribution in [-0.2, 0) is 9.53 Å². The van der Waals surface area contributed by atoms with Gasteiger partial charge in [0, 0.05) is 12.5 Å². The Hall–Kier alpha value is -1.81. The number of rotatable bonds is 4. The molecule has 0 saturated carbocycles. The van der Waals surface area contributed by atoms with Crippen molar-refractivity contribution in [1.29, 1.82) is 5.26 Å². The number of hydrogen-bond donors (Lipinski definition) is 3. The maximum absolute atomic E-state index is 11.7. The van der Waals surface area contributed by atoms with Gasteiger partial charge >= 0.3 is 6.09 Å². The third-order valence-electron chi connectivity index (χ3n) is 2.92. The maximum atomic E-state index is 11.7. The molecule has 112 valence electrons. The van der Waals surface area contributed by atoms with E-state index in [0.29, 0.717) is 13.0 Å². The minimum atomic E-state index is -1.38. The molecule has 0 radical (unpaired) electrons. The van der Waals surface area contributed by atoms with Crippen LogP contribution in [0.2, 0.25) is 0 Å². The van der Waals surface area contributed by atoms with Gasteiger partial charge in [0.15, 0.2) is 6.10 Å². The zero-order valence-corrected chi connectivity index (χ0v) is 12.0. The lowest BCUT2D eigenvalue weighted by Crippen LogP contribution is -2.46. The highest BCUT2D eigenvalue weighted by Gasteiger charge is 2.32. The normalized spacial score (nSPS) is 21.6. The maximum Gasteiger partial charge on any atom is 0.407 e. The van der Waals surface area contributed by atoms with Gasteiger partial charge in [-0.05, 0) is 33.6 Å². The van der Waals surface area contributed by atoms with Crippen LogP contribution in [0.5, 0.6) is 0 Å². The SMILES string of the molecule is CC(C)(C)OC(=O)NC(C[C@@H]1CCNC1=O)C(O)C#N. The largest absolute Gasteiger partial charge is 0.444 e. The van der Waals surface area contributed by atoms with Gasteiger partial charge in [-0.1, -0.05) is 0 Å². The Balaban J connectivity index is 2.63. The third-order valence-corrected chi connectivity index (χ3v) is 2.92. The van der Waals surface area contributed by atoms with Crippen molar-refractivity contribution >= 4 is 12.0 Å². The fourth-order valence-corrected chi connectivity index (χ4v) is 1.99. The van der Waals surface area contributed by atoms with Crippen LogP contribution in [0.4, 0.5) is 4.79 Å². The summed E-state index contributed by atoms with van der Waals surface area (Å²) in [6.45, 7) is 5.72. The predicted molar refractivity (Wildman–Crippen MR) is 70.5 cm³/mol. The van der Waals surface area contributed by atoms with Crippen molar-refractivity contribution in [3.63, 3.8) is 0 Å². The van der Waals surface area contributed by atoms with Crippen LogP contribution in [0.15, 0.2) is 0 Å². The molecule has 0 bridgehead atoms. The van der Waals surface area contributed by atoms with E-state index >= 15 is 0 Å². The molecule has 7 nitrogen and oxygen atoms in total. The molecule has 0 aliphatic carbocycles. The van der Waals surface area contributed by atoms with Crippen LogP contribution >= 0.6 is 0 Å². The molecular formula is C13H21N3O4. The average molecular weight is 283 g/mol. The van der Waals surface area contributed by atoms with Crippen molar-refractivity contribution in [1.82, 2.24) is 10.6 Å². The number of nitrogens with zero attached hydrogens (tertiary/aromatic N) is 1. The third kappa shape index (κ3) is 5.05. The lowest BCUT2D eigenvalue weighted by atomic mass is 9.95. The highest BCUT2D eigenvalue weighted by atomic mass is 16.6. The van der Waals surface area contributed by atoms with E-state index in [1.54, 1.807) is 26.8 Å². The second kappa shape index (κ2) is 6.57. The van der Waals surface area contributed by atoms with Crippen molar-refractivity contribution in [2.45, 2.75) is 51.4 Å². The number of carbonyl (C=O) groups excluding carboxylic acids is 2. The summed E-state index contributed by atoms with van der Waals surface area (Å²) in [5, 5.41) is 23.6. The van der Waals surface area contributed by atoms with Crippen LogP contribution in [0.3, 0.4) is 0 Å². The molecule has 1 heterocycles. The van der Waals surface area contributed by atoms with E-state index in [2.05, 4.69) is 10.6 Å². The summed E-state index contributed by atoms with van der Waals surface area (Å²) >= 11 is 0. The van der Waals surface area contributed by atoms with E-state index in [1.165, 1.54) is 0 Å². The second-order valence-electron chi connectivity index (χ2n) is 5.84. The molecular weight excluding hydrogens is 262 g/mol. The van der Waals surface area contributed by atoms with Gasteiger partial charge in [0.2, 0.25) is 5.91 Å². The Morgan fingerprint density at radius 2 is 2.30 bits per heavy atom. The minimum Gasteiger partial charge on any atom is -0.444 e. The second-order valence-corrected chi connectivity index (χ2v) is 5.84. The number of amides is 2. The van der Waals surface area contributed by atoms with E-state index in [0.717, 1.165) is 0 Å². The molecule has 1 aliphatic heterocycles. The van der Waals surface area contributed by atoms with Gasteiger partial charge in [-0.3, -0.25) is 4.79 Å². The molecule has 7 heteroatoms. The quantitative estimate of drug-likeness (QED) is 0.642. The monoisotopic (exact) mass is 283 g/mol. The van der Waals surface area contributed by atoms with E-state index in [9.17, 15) is 14.7 Å². The smallest absolute Gasteiger partial charge is 0.407 e. The lowest BCUT2D eigenvalue weighted by Gasteiger charge is -2.25. The van der Waals surface area contributed by atoms with E-state index in [4.69, 9.17) is 10.00 Å². The first-order valence-corrected chi connectivity index (χ1v) is 6.58. The van der Waals surface area contributed by atoms with E-state index in [-0.39, 0.29) is 18.2 Å². The summed E-state index contributed by atoms with van der Waals surface area (Å²) < 4.78 is 5.08. The molecule has 2 unspecified atom stereocenters. The number of carbonyl (C=O) groups is 2. The molecule has 20 heavy (non-hydrogen) atoms. The number of aliphatic hydroxyl groups excluding tert-OH is 1. The Labute approximate surface area is 118 Å². The van der Waals surface area contributed by atoms with Gasteiger partial charge in [0.05, 0.1) is 12.1 Å². The summed E-state index contributed by atoms with van der Waals surface area (Å²) in [6, 6.07) is 0.846. The molecule has 1 saturated heterocycles. The first kappa shape index (κ1) is 16.2. The molecule has 1 fully saturated rings. The number of hydrogen-bond acceptors (Lipinski definition) is 5. The molecule has 2 amide bonds. The van der Waals surface area contributed by atoms with E-state index in [1.807, 2.05) is 0 Å². The molecule has 0 aromatic carbocycles. The molecule has 3 atom stereocenters. The van der Waals surface area contributed by atoms with Crippen molar-refractivity contribution in [3.05, 3.63) is 0 Å². The summed E-state index contributed by atoms with van der Waals surface area (Å²) in [4.78, 5) is 23.2. The fraction of sp³-hybridized carbons (Fsp3) is 0.769. The Bertz CT molecular complexity index is 411. The molecule has 0 spiro atoms. The van der Waals surface area contributed by atoms with Crippen molar-refractivity contribution in [3.8, 4) is 6.07 Å². The predicted octanol–water partition coefficient (Wildman–Crippen LogP) is 0.290. The van der Waals surface area contributed by atoms with E-state index < -0.39 is 23.8 Å². The Kier molecular flexibility index (Phi) is 5.34. The fourth-order valence-electron chi connectivity index (χ4n) is 1.99. The molecule has 1 aliphatic rings. The Morgan fingerprint density at radius 3 is 2.75 bits per heavy atom. The number of nitrogens with one attached hydrogen (secondary N) is 2. The van der Waals surface area contributed by atoms with Crippen molar-refractivity contribution in [2.24, 2.45) is 5.92 Å². The summed E-state index contributed by atoms with van der Waals surface area (Å²) in [5.74, 6) is -0.427. The summed E-state index contributed by atoms with van der Waals surface area (Å²) in [6.07, 6.45) is -1.25. The average Bonchev–Trinajstić information content (AvgIpc) is 2.70. The first-order valence-electron chi connectivity index (χ1n) is 6.58.